The number of nitrogens with one attached hydrogen (secondary N) is 1. The lowest BCUT2D eigenvalue weighted by Crippen LogP contribution is -2.37. The molecule has 0 spiro atoms. The number of hydrogen-bond donors (Lipinski definition) is 2. The van der Waals surface area contributed by atoms with Crippen molar-refractivity contribution in [3.63, 3.8) is 0 Å². The second-order valence-electron chi connectivity index (χ2n) is 6.58. The third-order valence-corrected chi connectivity index (χ3v) is 3.89. The third kappa shape index (κ3) is 3.20. The van der Waals surface area contributed by atoms with Gasteiger partial charge in [-0.25, -0.2) is 0 Å². The molecule has 0 aliphatic carbocycles. The van der Waals surface area contributed by atoms with E-state index in [9.17, 15) is 5.11 Å². The SMILES string of the molecule is CNC[C@@H](c1ccc2ccccc2c1)[C@@H](O)C(C)(C)C. The molecule has 0 aliphatic rings. The Morgan fingerprint density at radius 2 is 1.70 bits per heavy atom. The van der Waals surface area contributed by atoms with Crippen molar-refractivity contribution in [3.05, 3.63) is 48.0 Å². The van der Waals surface area contributed by atoms with Gasteiger partial charge in [0.2, 0.25) is 0 Å². The highest BCUT2D eigenvalue weighted by molar-refractivity contribution is 5.83. The minimum atomic E-state index is -0.379. The zero-order valence-electron chi connectivity index (χ0n) is 12.9. The molecule has 0 saturated carbocycles. The third-order valence-electron chi connectivity index (χ3n) is 3.89. The molecule has 2 atom stereocenters. The molecule has 20 heavy (non-hydrogen) atoms. The molecule has 2 aromatic rings. The normalized spacial score (nSPS) is 15.2. The average Bonchev–Trinajstić information content (AvgIpc) is 2.42. The Labute approximate surface area is 121 Å². The highest BCUT2D eigenvalue weighted by atomic mass is 16.3. The zero-order valence-corrected chi connectivity index (χ0v) is 12.9. The summed E-state index contributed by atoms with van der Waals surface area (Å²) in [6.07, 6.45) is -0.379. The van der Waals surface area contributed by atoms with Crippen LogP contribution in [0.15, 0.2) is 42.5 Å². The Balaban J connectivity index is 2.41. The van der Waals surface area contributed by atoms with Gasteiger partial charge in [-0.15, -0.1) is 0 Å². The van der Waals surface area contributed by atoms with Gasteiger partial charge in [0.15, 0.2) is 0 Å². The quantitative estimate of drug-likeness (QED) is 0.891. The molecule has 0 bridgehead atoms. The van der Waals surface area contributed by atoms with Crippen molar-refractivity contribution < 1.29 is 5.11 Å². The topological polar surface area (TPSA) is 32.3 Å². The smallest absolute Gasteiger partial charge is 0.0669 e. The first-order valence-corrected chi connectivity index (χ1v) is 7.25. The van der Waals surface area contributed by atoms with Crippen LogP contribution in [0.4, 0.5) is 0 Å². The maximum absolute atomic E-state index is 10.7. The van der Waals surface area contributed by atoms with E-state index in [1.165, 1.54) is 16.3 Å². The standard InChI is InChI=1S/C18H25NO/c1-18(2,3)17(20)16(12-19-4)15-10-9-13-7-5-6-8-14(13)11-15/h5-11,16-17,19-20H,12H2,1-4H3/t16-,17+/m0/s1. The van der Waals surface area contributed by atoms with Crippen molar-refractivity contribution in [1.29, 1.82) is 0 Å². The molecule has 2 nitrogen and oxygen atoms in total. The first kappa shape index (κ1) is 15.0. The Bertz CT molecular complexity index is 571. The van der Waals surface area contributed by atoms with Crippen molar-refractivity contribution in [1.82, 2.24) is 5.32 Å². The van der Waals surface area contributed by atoms with Crippen molar-refractivity contribution in [2.75, 3.05) is 13.6 Å². The molecule has 2 aromatic carbocycles. The maximum atomic E-state index is 10.7. The molecule has 0 saturated heterocycles. The number of hydrogen-bond acceptors (Lipinski definition) is 2. The van der Waals surface area contributed by atoms with Crippen molar-refractivity contribution in [2.24, 2.45) is 5.41 Å². The van der Waals surface area contributed by atoms with Crippen molar-refractivity contribution >= 4 is 10.8 Å². The van der Waals surface area contributed by atoms with Gasteiger partial charge in [-0.2, -0.15) is 0 Å². The Hall–Kier alpha value is -1.38. The van der Waals surface area contributed by atoms with E-state index < -0.39 is 0 Å². The molecule has 0 fully saturated rings. The van der Waals surface area contributed by atoms with Crippen LogP contribution in [0.3, 0.4) is 0 Å². The summed E-state index contributed by atoms with van der Waals surface area (Å²) in [5, 5.41) is 16.3. The molecule has 0 heterocycles. The van der Waals surface area contributed by atoms with E-state index in [-0.39, 0.29) is 17.4 Å². The number of aliphatic hydroxyl groups excluding tert-OH is 1. The molecule has 0 amide bonds. The van der Waals surface area contributed by atoms with E-state index >= 15 is 0 Å². The minimum Gasteiger partial charge on any atom is -0.392 e. The predicted molar refractivity (Wildman–Crippen MR) is 86.1 cm³/mol. The molecule has 2 rings (SSSR count). The predicted octanol–water partition coefficient (Wildman–Crippen LogP) is 3.55. The van der Waals surface area contributed by atoms with Gasteiger partial charge in [0, 0.05) is 12.5 Å². The number of benzene rings is 2. The number of likely N-dealkylation sites (N-methyl/N-ethyl adjacent to an activating group) is 1. The molecule has 108 valence electrons. The maximum Gasteiger partial charge on any atom is 0.0669 e. The van der Waals surface area contributed by atoms with E-state index in [4.69, 9.17) is 0 Å². The Kier molecular flexibility index (Phi) is 4.46. The molecule has 0 aromatic heterocycles. The van der Waals surface area contributed by atoms with Gasteiger partial charge >= 0.3 is 0 Å². The zero-order chi connectivity index (χ0) is 14.8. The lowest BCUT2D eigenvalue weighted by atomic mass is 9.78. The summed E-state index contributed by atoms with van der Waals surface area (Å²) in [6, 6.07) is 14.8. The highest BCUT2D eigenvalue weighted by Crippen LogP contribution is 2.32. The molecular weight excluding hydrogens is 246 g/mol. The monoisotopic (exact) mass is 271 g/mol. The van der Waals surface area contributed by atoms with E-state index in [1.807, 2.05) is 7.05 Å². The summed E-state index contributed by atoms with van der Waals surface area (Å²) in [7, 11) is 1.93. The molecule has 2 heteroatoms. The number of rotatable bonds is 4. The van der Waals surface area contributed by atoms with Crippen LogP contribution in [0, 0.1) is 5.41 Å². The summed E-state index contributed by atoms with van der Waals surface area (Å²) in [4.78, 5) is 0. The summed E-state index contributed by atoms with van der Waals surface area (Å²) in [5.41, 5.74) is 1.06. The molecular formula is C18H25NO. The summed E-state index contributed by atoms with van der Waals surface area (Å²) < 4.78 is 0. The first-order chi connectivity index (χ1) is 9.43. The van der Waals surface area contributed by atoms with E-state index in [0.29, 0.717) is 0 Å². The first-order valence-electron chi connectivity index (χ1n) is 7.25. The van der Waals surface area contributed by atoms with Crippen LogP contribution in [0.5, 0.6) is 0 Å². The van der Waals surface area contributed by atoms with E-state index in [2.05, 4.69) is 68.6 Å². The summed E-state index contributed by atoms with van der Waals surface area (Å²) in [5.74, 6) is 0.101. The Morgan fingerprint density at radius 1 is 1.05 bits per heavy atom. The molecule has 2 N–H and O–H groups in total. The van der Waals surface area contributed by atoms with Gasteiger partial charge in [0.25, 0.3) is 0 Å². The van der Waals surface area contributed by atoms with Crippen LogP contribution in [0.1, 0.15) is 32.3 Å². The van der Waals surface area contributed by atoms with Crippen LogP contribution in [-0.2, 0) is 0 Å². The number of aliphatic hydroxyl groups is 1. The van der Waals surface area contributed by atoms with Gasteiger partial charge in [-0.1, -0.05) is 63.2 Å². The second kappa shape index (κ2) is 5.94. The molecule has 0 unspecified atom stereocenters. The lowest BCUT2D eigenvalue weighted by molar-refractivity contribution is 0.0389. The van der Waals surface area contributed by atoms with Crippen LogP contribution in [-0.4, -0.2) is 24.8 Å². The van der Waals surface area contributed by atoms with E-state index in [0.717, 1.165) is 6.54 Å². The molecule has 0 radical (unpaired) electrons. The highest BCUT2D eigenvalue weighted by Gasteiger charge is 2.31. The average molecular weight is 271 g/mol. The summed E-state index contributed by atoms with van der Waals surface area (Å²) in [6.45, 7) is 7.03. The molecule has 0 aliphatic heterocycles. The van der Waals surface area contributed by atoms with Crippen molar-refractivity contribution in [2.45, 2.75) is 32.8 Å². The van der Waals surface area contributed by atoms with Crippen molar-refractivity contribution in [3.8, 4) is 0 Å². The van der Waals surface area contributed by atoms with Gasteiger partial charge in [0.05, 0.1) is 6.10 Å². The van der Waals surface area contributed by atoms with Crippen LogP contribution >= 0.6 is 0 Å². The Morgan fingerprint density at radius 3 is 2.30 bits per heavy atom. The van der Waals surface area contributed by atoms with Crippen LogP contribution in [0.25, 0.3) is 10.8 Å². The van der Waals surface area contributed by atoms with Crippen LogP contribution < -0.4 is 5.32 Å². The fraction of sp³-hybridized carbons (Fsp3) is 0.444. The van der Waals surface area contributed by atoms with E-state index in [1.54, 1.807) is 0 Å². The fourth-order valence-corrected chi connectivity index (χ4v) is 2.67. The van der Waals surface area contributed by atoms with Gasteiger partial charge in [-0.05, 0) is 28.8 Å². The summed E-state index contributed by atoms with van der Waals surface area (Å²) >= 11 is 0. The second-order valence-corrected chi connectivity index (χ2v) is 6.58. The minimum absolute atomic E-state index is 0.101. The van der Waals surface area contributed by atoms with Gasteiger partial charge < -0.3 is 10.4 Å². The van der Waals surface area contributed by atoms with Gasteiger partial charge in [0.1, 0.15) is 0 Å². The lowest BCUT2D eigenvalue weighted by Gasteiger charge is -2.33. The largest absolute Gasteiger partial charge is 0.392 e. The fourth-order valence-electron chi connectivity index (χ4n) is 2.67. The number of fused-ring (bicyclic) bond motifs is 1. The van der Waals surface area contributed by atoms with Gasteiger partial charge in [-0.3, -0.25) is 0 Å². The van der Waals surface area contributed by atoms with Crippen LogP contribution in [0.2, 0.25) is 0 Å².